The van der Waals surface area contributed by atoms with E-state index in [1.54, 1.807) is 0 Å². The minimum absolute atomic E-state index is 0.00394. The molecule has 0 amide bonds. The van der Waals surface area contributed by atoms with Crippen LogP contribution < -0.4 is 4.72 Å². The third-order valence-electron chi connectivity index (χ3n) is 1.60. The molecule has 0 spiro atoms. The molecule has 0 saturated carbocycles. The van der Waals surface area contributed by atoms with Crippen molar-refractivity contribution in [2.24, 2.45) is 5.41 Å². The van der Waals surface area contributed by atoms with Crippen LogP contribution in [0.2, 0.25) is 0 Å². The van der Waals surface area contributed by atoms with E-state index in [2.05, 4.69) is 9.71 Å². The van der Waals surface area contributed by atoms with Crippen LogP contribution in [0.25, 0.3) is 0 Å². The van der Waals surface area contributed by atoms with Gasteiger partial charge >= 0.3 is 0 Å². The van der Waals surface area contributed by atoms with Crippen molar-refractivity contribution in [3.8, 4) is 0 Å². The molecule has 0 fully saturated rings. The van der Waals surface area contributed by atoms with Gasteiger partial charge in [-0.1, -0.05) is 26.8 Å². The molecule has 0 aromatic carbocycles. The predicted octanol–water partition coefficient (Wildman–Crippen LogP) is 2.01. The summed E-state index contributed by atoms with van der Waals surface area (Å²) < 4.78 is 38.3. The highest BCUT2D eigenvalue weighted by molar-refractivity contribution is 7.92. The van der Waals surface area contributed by atoms with Crippen LogP contribution in [-0.2, 0) is 10.0 Å². The zero-order valence-corrected chi connectivity index (χ0v) is 10.3. The lowest BCUT2D eigenvalue weighted by Crippen LogP contribution is -2.26. The maximum absolute atomic E-state index is 12.7. The number of hydrogen-bond acceptors (Lipinski definition) is 3. The predicted molar refractivity (Wildman–Crippen MR) is 61.1 cm³/mol. The molecule has 0 aliphatic rings. The van der Waals surface area contributed by atoms with E-state index in [0.717, 1.165) is 6.07 Å². The third kappa shape index (κ3) is 4.57. The standard InChI is InChI=1S/C10H15FN2O2S/c1-10(2,3)7-16(14,15)13-9-6-4-5-8(11)12-9/h4-6H,7H2,1-3H3,(H,12,13). The Hall–Kier alpha value is -1.17. The molecular formula is C10H15FN2O2S. The van der Waals surface area contributed by atoms with Crippen molar-refractivity contribution in [1.82, 2.24) is 4.98 Å². The van der Waals surface area contributed by atoms with Crippen LogP contribution in [0.5, 0.6) is 0 Å². The molecule has 16 heavy (non-hydrogen) atoms. The maximum Gasteiger partial charge on any atom is 0.234 e. The number of nitrogens with zero attached hydrogens (tertiary/aromatic N) is 1. The normalized spacial score (nSPS) is 12.5. The van der Waals surface area contributed by atoms with Gasteiger partial charge < -0.3 is 0 Å². The van der Waals surface area contributed by atoms with Crippen molar-refractivity contribution < 1.29 is 12.8 Å². The molecule has 0 bridgehead atoms. The summed E-state index contributed by atoms with van der Waals surface area (Å²) in [4.78, 5) is 3.43. The van der Waals surface area contributed by atoms with Gasteiger partial charge in [0.2, 0.25) is 16.0 Å². The average molecular weight is 246 g/mol. The van der Waals surface area contributed by atoms with E-state index < -0.39 is 16.0 Å². The smallest absolute Gasteiger partial charge is 0.234 e. The number of pyridine rings is 1. The van der Waals surface area contributed by atoms with Crippen LogP contribution in [0.4, 0.5) is 10.2 Å². The Morgan fingerprint density at radius 2 is 2.00 bits per heavy atom. The number of nitrogens with one attached hydrogen (secondary N) is 1. The Morgan fingerprint density at radius 3 is 2.50 bits per heavy atom. The summed E-state index contributed by atoms with van der Waals surface area (Å²) >= 11 is 0. The number of hydrogen-bond donors (Lipinski definition) is 1. The Morgan fingerprint density at radius 1 is 1.38 bits per heavy atom. The molecule has 0 atom stereocenters. The minimum atomic E-state index is -3.49. The molecule has 1 N–H and O–H groups in total. The van der Waals surface area contributed by atoms with Crippen LogP contribution >= 0.6 is 0 Å². The van der Waals surface area contributed by atoms with Crippen LogP contribution in [0.15, 0.2) is 18.2 Å². The van der Waals surface area contributed by atoms with Crippen LogP contribution in [0, 0.1) is 11.4 Å². The first-order chi connectivity index (χ1) is 7.18. The van der Waals surface area contributed by atoms with Crippen molar-refractivity contribution >= 4 is 15.8 Å². The fourth-order valence-corrected chi connectivity index (χ4v) is 2.88. The van der Waals surface area contributed by atoms with Gasteiger partial charge in [-0.2, -0.15) is 4.39 Å². The molecule has 1 rings (SSSR count). The monoisotopic (exact) mass is 246 g/mol. The lowest BCUT2D eigenvalue weighted by Gasteiger charge is -2.18. The molecule has 90 valence electrons. The Balaban J connectivity index is 2.81. The van der Waals surface area contributed by atoms with Crippen molar-refractivity contribution in [2.45, 2.75) is 20.8 Å². The zero-order valence-electron chi connectivity index (χ0n) is 9.49. The second-order valence-corrected chi connectivity index (χ2v) is 6.49. The number of halogens is 1. The highest BCUT2D eigenvalue weighted by atomic mass is 32.2. The Bertz CT molecular complexity index is 466. The fourth-order valence-electron chi connectivity index (χ4n) is 1.23. The van der Waals surface area contributed by atoms with E-state index in [-0.39, 0.29) is 17.0 Å². The summed E-state index contributed by atoms with van der Waals surface area (Å²) in [5.74, 6) is -0.752. The van der Waals surface area contributed by atoms with Gasteiger partial charge in [-0.3, -0.25) is 4.72 Å². The molecule has 0 radical (unpaired) electrons. The summed E-state index contributed by atoms with van der Waals surface area (Å²) in [7, 11) is -3.49. The molecular weight excluding hydrogens is 231 g/mol. The van der Waals surface area contributed by atoms with E-state index in [0.29, 0.717) is 0 Å². The second kappa shape index (κ2) is 4.37. The molecule has 0 saturated heterocycles. The average Bonchev–Trinajstić information content (AvgIpc) is 1.96. The van der Waals surface area contributed by atoms with Crippen LogP contribution in [-0.4, -0.2) is 19.2 Å². The van der Waals surface area contributed by atoms with Crippen molar-refractivity contribution in [3.05, 3.63) is 24.1 Å². The van der Waals surface area contributed by atoms with Gasteiger partial charge in [0.1, 0.15) is 5.82 Å². The lowest BCUT2D eigenvalue weighted by atomic mass is 10.0. The first-order valence-electron chi connectivity index (χ1n) is 4.81. The van der Waals surface area contributed by atoms with Gasteiger partial charge in [0, 0.05) is 0 Å². The van der Waals surface area contributed by atoms with Gasteiger partial charge in [-0.05, 0) is 17.5 Å². The molecule has 0 unspecified atom stereocenters. The molecule has 1 aromatic rings. The van der Waals surface area contributed by atoms with Gasteiger partial charge in [-0.25, -0.2) is 13.4 Å². The van der Waals surface area contributed by atoms with E-state index >= 15 is 0 Å². The summed E-state index contributed by atoms with van der Waals surface area (Å²) in [6, 6.07) is 3.96. The summed E-state index contributed by atoms with van der Waals surface area (Å²) in [5, 5.41) is 0. The van der Waals surface area contributed by atoms with Crippen molar-refractivity contribution in [2.75, 3.05) is 10.5 Å². The lowest BCUT2D eigenvalue weighted by molar-refractivity contribution is 0.463. The Labute approximate surface area is 95.0 Å². The fraction of sp³-hybridized carbons (Fsp3) is 0.500. The minimum Gasteiger partial charge on any atom is -0.267 e. The van der Waals surface area contributed by atoms with Gasteiger partial charge in [0.15, 0.2) is 0 Å². The van der Waals surface area contributed by atoms with E-state index in [9.17, 15) is 12.8 Å². The van der Waals surface area contributed by atoms with Gasteiger partial charge in [0.25, 0.3) is 0 Å². The van der Waals surface area contributed by atoms with Crippen LogP contribution in [0.1, 0.15) is 20.8 Å². The van der Waals surface area contributed by atoms with E-state index in [1.807, 2.05) is 20.8 Å². The summed E-state index contributed by atoms with van der Waals surface area (Å²) in [6.45, 7) is 5.43. The molecule has 0 aliphatic heterocycles. The molecule has 6 heteroatoms. The first-order valence-corrected chi connectivity index (χ1v) is 6.46. The van der Waals surface area contributed by atoms with Gasteiger partial charge in [0.05, 0.1) is 5.75 Å². The highest BCUT2D eigenvalue weighted by Crippen LogP contribution is 2.17. The topological polar surface area (TPSA) is 59.1 Å². The number of sulfonamides is 1. The second-order valence-electron chi connectivity index (χ2n) is 4.77. The molecule has 0 aliphatic carbocycles. The zero-order chi connectivity index (χ0) is 12.4. The number of anilines is 1. The van der Waals surface area contributed by atoms with E-state index in [1.165, 1.54) is 12.1 Å². The summed E-state index contributed by atoms with van der Waals surface area (Å²) in [6.07, 6.45) is 0. The number of aromatic nitrogens is 1. The third-order valence-corrected chi connectivity index (χ3v) is 3.36. The van der Waals surface area contributed by atoms with Crippen molar-refractivity contribution in [1.29, 1.82) is 0 Å². The largest absolute Gasteiger partial charge is 0.267 e. The SMILES string of the molecule is CC(C)(C)CS(=O)(=O)Nc1cccc(F)n1. The molecule has 1 heterocycles. The number of rotatable bonds is 3. The quantitative estimate of drug-likeness (QED) is 0.830. The molecule has 4 nitrogen and oxygen atoms in total. The molecule has 1 aromatic heterocycles. The first kappa shape index (κ1) is 12.9. The summed E-state index contributed by atoms with van der Waals surface area (Å²) in [5.41, 5.74) is -0.362. The van der Waals surface area contributed by atoms with Crippen molar-refractivity contribution in [3.63, 3.8) is 0 Å². The van der Waals surface area contributed by atoms with Gasteiger partial charge in [-0.15, -0.1) is 0 Å². The maximum atomic E-state index is 12.7. The Kier molecular flexibility index (Phi) is 3.52. The highest BCUT2D eigenvalue weighted by Gasteiger charge is 2.21. The van der Waals surface area contributed by atoms with E-state index in [4.69, 9.17) is 0 Å². The van der Waals surface area contributed by atoms with Crippen LogP contribution in [0.3, 0.4) is 0 Å².